The third-order valence-electron chi connectivity index (χ3n) is 5.64. The Bertz CT molecular complexity index is 1300. The van der Waals surface area contributed by atoms with Crippen LogP contribution in [0.4, 0.5) is 32.0 Å². The van der Waals surface area contributed by atoms with Crippen molar-refractivity contribution in [3.05, 3.63) is 88.6 Å². The molecule has 0 spiro atoms. The van der Waals surface area contributed by atoms with E-state index >= 15 is 0 Å². The zero-order chi connectivity index (χ0) is 31.7. The lowest BCUT2D eigenvalue weighted by atomic mass is 9.95. The summed E-state index contributed by atoms with van der Waals surface area (Å²) in [5, 5.41) is 11.5. The maximum Gasteiger partial charge on any atom is 0.426 e. The highest BCUT2D eigenvalue weighted by atomic mass is 19.4. The molecule has 2 atom stereocenters. The highest BCUT2D eigenvalue weighted by Gasteiger charge is 2.61. The van der Waals surface area contributed by atoms with Gasteiger partial charge in [-0.3, -0.25) is 30.6 Å². The van der Waals surface area contributed by atoms with Crippen molar-refractivity contribution in [2.75, 3.05) is 0 Å². The summed E-state index contributed by atoms with van der Waals surface area (Å²) >= 11 is 0. The molecular formula is C26H26F6N4O6. The first kappa shape index (κ1) is 33.7. The Kier molecular flexibility index (Phi) is 11.2. The summed E-state index contributed by atoms with van der Waals surface area (Å²) in [7, 11) is 0. The van der Waals surface area contributed by atoms with Crippen LogP contribution < -0.4 is 15.6 Å². The van der Waals surface area contributed by atoms with E-state index < -0.39 is 76.6 Å². The molecule has 16 heteroatoms. The maximum atomic E-state index is 14.3. The number of allylic oxidation sites excluding steroid dienone is 1. The number of hydrogen-bond acceptors (Lipinski definition) is 7. The number of nitrogens with one attached hydrogen (secondary N) is 2. The smallest absolute Gasteiger partial charge is 0.426 e. The van der Waals surface area contributed by atoms with Crippen LogP contribution in [-0.4, -0.2) is 39.6 Å². The minimum Gasteiger partial charge on any atom is -0.474 e. The number of nitro groups is 1. The highest BCUT2D eigenvalue weighted by molar-refractivity contribution is 5.98. The molecule has 42 heavy (non-hydrogen) atoms. The summed E-state index contributed by atoms with van der Waals surface area (Å²) in [6.07, 6.45) is -10.4. The molecule has 1 aromatic heterocycles. The number of hydrogen-bond donors (Lipinski definition) is 2. The van der Waals surface area contributed by atoms with E-state index in [4.69, 9.17) is 9.47 Å². The quantitative estimate of drug-likeness (QED) is 0.132. The molecule has 2 N–H and O–H groups in total. The third kappa shape index (κ3) is 8.28. The average molecular weight is 605 g/mol. The molecule has 0 saturated carbocycles. The molecule has 1 aromatic carbocycles. The molecule has 0 unspecified atom stereocenters. The maximum absolute atomic E-state index is 14.3. The predicted molar refractivity (Wildman–Crippen MR) is 136 cm³/mol. The van der Waals surface area contributed by atoms with Gasteiger partial charge >= 0.3 is 18.0 Å². The first-order valence-corrected chi connectivity index (χ1v) is 12.1. The fourth-order valence-electron chi connectivity index (χ4n) is 3.52. The number of aromatic nitrogens is 1. The molecule has 0 aliphatic heterocycles. The third-order valence-corrected chi connectivity index (χ3v) is 5.64. The molecule has 0 aliphatic carbocycles. The summed E-state index contributed by atoms with van der Waals surface area (Å²) < 4.78 is 93.9. The van der Waals surface area contributed by atoms with E-state index in [1.807, 2.05) is 0 Å². The van der Waals surface area contributed by atoms with Crippen molar-refractivity contribution in [3.8, 4) is 5.88 Å². The molecule has 2 rings (SSSR count). The van der Waals surface area contributed by atoms with Gasteiger partial charge in [0.25, 0.3) is 11.8 Å². The van der Waals surface area contributed by atoms with Gasteiger partial charge in [-0.15, -0.1) is 13.2 Å². The SMILES string of the molecule is C=CCC[C@@](OCc1ccccc1)(C(=O)NNC(=O)c1nc(O[C@H](C)CC=C)c(C(F)(F)F)cc1[N+](=O)[O-])C(F)(F)F. The second kappa shape index (κ2) is 13.9. The second-order valence-corrected chi connectivity index (χ2v) is 8.75. The zero-order valence-electron chi connectivity index (χ0n) is 22.1. The van der Waals surface area contributed by atoms with Gasteiger partial charge in [-0.25, -0.2) is 4.98 Å². The number of carbonyl (C=O) groups is 2. The number of rotatable bonds is 13. The summed E-state index contributed by atoms with van der Waals surface area (Å²) in [5.74, 6) is -4.82. The lowest BCUT2D eigenvalue weighted by Crippen LogP contribution is -2.61. The molecule has 228 valence electrons. The van der Waals surface area contributed by atoms with Crippen molar-refractivity contribution in [1.82, 2.24) is 15.8 Å². The summed E-state index contributed by atoms with van der Waals surface area (Å²) in [4.78, 5) is 39.2. The van der Waals surface area contributed by atoms with E-state index in [-0.39, 0.29) is 24.5 Å². The Morgan fingerprint density at radius 2 is 1.74 bits per heavy atom. The zero-order valence-corrected chi connectivity index (χ0v) is 22.1. The number of nitrogens with zero attached hydrogens (tertiary/aromatic N) is 2. The van der Waals surface area contributed by atoms with Crippen molar-refractivity contribution in [2.45, 2.75) is 56.9 Å². The Balaban J connectivity index is 2.46. The molecule has 1 heterocycles. The van der Waals surface area contributed by atoms with E-state index in [0.29, 0.717) is 0 Å². The Morgan fingerprint density at radius 3 is 2.26 bits per heavy atom. The Hall–Kier alpha value is -4.47. The van der Waals surface area contributed by atoms with E-state index in [1.54, 1.807) is 11.5 Å². The van der Waals surface area contributed by atoms with Gasteiger partial charge < -0.3 is 9.47 Å². The van der Waals surface area contributed by atoms with Crippen molar-refractivity contribution >= 4 is 17.5 Å². The average Bonchev–Trinajstić information content (AvgIpc) is 2.90. The standard InChI is InChI=1S/C26H26F6N4O6/c1-4-6-13-24(26(30,31)32,41-15-17-11-8-7-9-12-17)23(38)35-34-21(37)20-19(36(39)40)14-18(25(27,28)29)22(33-20)42-16(3)10-5-2/h4-5,7-9,11-12,14,16H,1-2,6,10,13,15H2,3H3,(H,34,37)(H,35,38)/t16-,24-/m1/s1. The van der Waals surface area contributed by atoms with Crippen LogP contribution in [0.3, 0.4) is 0 Å². The molecule has 0 radical (unpaired) electrons. The van der Waals surface area contributed by atoms with Crippen LogP contribution in [0.2, 0.25) is 0 Å². The minimum atomic E-state index is -5.33. The largest absolute Gasteiger partial charge is 0.474 e. The molecule has 10 nitrogen and oxygen atoms in total. The fourth-order valence-corrected chi connectivity index (χ4v) is 3.52. The van der Waals surface area contributed by atoms with Crippen LogP contribution >= 0.6 is 0 Å². The van der Waals surface area contributed by atoms with E-state index in [0.717, 1.165) is 6.08 Å². The number of pyridine rings is 1. The summed E-state index contributed by atoms with van der Waals surface area (Å²) in [5.41, 5.74) is -4.60. The molecule has 0 aliphatic rings. The molecule has 0 bridgehead atoms. The van der Waals surface area contributed by atoms with Crippen LogP contribution in [0.25, 0.3) is 0 Å². The van der Waals surface area contributed by atoms with Crippen LogP contribution in [0.5, 0.6) is 5.88 Å². The number of benzene rings is 1. The van der Waals surface area contributed by atoms with Crippen LogP contribution in [0.15, 0.2) is 61.7 Å². The number of halogens is 6. The molecular weight excluding hydrogens is 578 g/mol. The lowest BCUT2D eigenvalue weighted by Gasteiger charge is -2.34. The van der Waals surface area contributed by atoms with E-state index in [9.17, 15) is 46.0 Å². The van der Waals surface area contributed by atoms with Gasteiger partial charge in [0.2, 0.25) is 17.2 Å². The number of carbonyl (C=O) groups excluding carboxylic acids is 2. The monoisotopic (exact) mass is 604 g/mol. The van der Waals surface area contributed by atoms with E-state index in [1.165, 1.54) is 42.7 Å². The first-order valence-electron chi connectivity index (χ1n) is 12.1. The minimum absolute atomic E-state index is 0.00718. The predicted octanol–water partition coefficient (Wildman–Crippen LogP) is 5.60. The number of hydrazine groups is 1. The number of ether oxygens (including phenoxy) is 2. The lowest BCUT2D eigenvalue weighted by molar-refractivity contribution is -0.385. The Labute approximate surface area is 235 Å². The van der Waals surface area contributed by atoms with E-state index in [2.05, 4.69) is 18.1 Å². The first-order chi connectivity index (χ1) is 19.6. The molecule has 2 aromatic rings. The van der Waals surface area contributed by atoms with Crippen LogP contribution in [0, 0.1) is 10.1 Å². The highest BCUT2D eigenvalue weighted by Crippen LogP contribution is 2.40. The summed E-state index contributed by atoms with van der Waals surface area (Å²) in [6.45, 7) is 7.41. The topological polar surface area (TPSA) is 133 Å². The number of alkyl halides is 6. The van der Waals surface area contributed by atoms with Gasteiger partial charge in [0, 0.05) is 12.5 Å². The van der Waals surface area contributed by atoms with Crippen LogP contribution in [-0.2, 0) is 22.3 Å². The van der Waals surface area contributed by atoms with Crippen molar-refractivity contribution in [1.29, 1.82) is 0 Å². The van der Waals surface area contributed by atoms with Crippen LogP contribution in [0.1, 0.15) is 47.8 Å². The second-order valence-electron chi connectivity index (χ2n) is 8.75. The van der Waals surface area contributed by atoms with Crippen molar-refractivity contribution in [2.24, 2.45) is 0 Å². The van der Waals surface area contributed by atoms with Gasteiger partial charge in [0.15, 0.2) is 0 Å². The number of amides is 2. The molecule has 0 fully saturated rings. The van der Waals surface area contributed by atoms with Crippen molar-refractivity contribution in [3.63, 3.8) is 0 Å². The summed E-state index contributed by atoms with van der Waals surface area (Å²) in [6, 6.07) is 7.53. The van der Waals surface area contributed by atoms with Gasteiger partial charge in [-0.2, -0.15) is 26.3 Å². The van der Waals surface area contributed by atoms with Gasteiger partial charge in [0.05, 0.1) is 11.5 Å². The normalized spacial score (nSPS) is 13.8. The van der Waals surface area contributed by atoms with Crippen molar-refractivity contribution < 1.29 is 50.3 Å². The molecule has 0 saturated heterocycles. The molecule has 2 amide bonds. The fraction of sp³-hybridized carbons (Fsp3) is 0.346. The van der Waals surface area contributed by atoms with Gasteiger partial charge in [-0.05, 0) is 25.3 Å². The Morgan fingerprint density at radius 1 is 1.10 bits per heavy atom. The van der Waals surface area contributed by atoms with Gasteiger partial charge in [0.1, 0.15) is 11.7 Å². The van der Waals surface area contributed by atoms with Gasteiger partial charge in [-0.1, -0.05) is 42.5 Å².